The van der Waals surface area contributed by atoms with E-state index in [9.17, 15) is 32.1 Å². The highest BCUT2D eigenvalue weighted by Gasteiger charge is 2.58. The van der Waals surface area contributed by atoms with E-state index >= 15 is 0 Å². The lowest BCUT2D eigenvalue weighted by atomic mass is 10.1. The van der Waals surface area contributed by atoms with Crippen LogP contribution in [-0.4, -0.2) is 11.1 Å². The highest BCUT2D eigenvalue weighted by Crippen LogP contribution is 2.43. The second kappa shape index (κ2) is 4.71. The Labute approximate surface area is 97.7 Å². The van der Waals surface area contributed by atoms with E-state index in [0.29, 0.717) is 18.3 Å². The van der Waals surface area contributed by atoms with Gasteiger partial charge in [0.15, 0.2) is 0 Å². The van der Waals surface area contributed by atoms with Gasteiger partial charge < -0.3 is 0 Å². The van der Waals surface area contributed by atoms with E-state index in [0.717, 1.165) is 18.2 Å². The van der Waals surface area contributed by atoms with E-state index in [-0.39, 0.29) is 5.56 Å². The van der Waals surface area contributed by atoms with Gasteiger partial charge in [-0.1, -0.05) is 24.3 Å². The zero-order chi connectivity index (χ0) is 14.0. The fourth-order valence-corrected chi connectivity index (χ4v) is 1.11. The third-order valence-corrected chi connectivity index (χ3v) is 2.02. The first-order valence-corrected chi connectivity index (χ1v) is 4.51. The number of halogens is 5. The number of nitrogens with zero attached hydrogens (tertiary/aromatic N) is 1. The first-order chi connectivity index (χ1) is 8.14. The van der Waals surface area contributed by atoms with Crippen LogP contribution in [0.3, 0.4) is 0 Å². The minimum absolute atomic E-state index is 0.147. The lowest BCUT2D eigenvalue weighted by molar-refractivity contribution is -0.400. The van der Waals surface area contributed by atoms with Gasteiger partial charge in [-0.2, -0.15) is 22.0 Å². The summed E-state index contributed by atoms with van der Waals surface area (Å²) in [4.78, 5) is 9.20. The molecule has 0 radical (unpaired) electrons. The predicted molar refractivity (Wildman–Crippen MR) is 52.4 cm³/mol. The van der Waals surface area contributed by atoms with Crippen molar-refractivity contribution in [2.45, 2.75) is 12.1 Å². The van der Waals surface area contributed by atoms with Crippen molar-refractivity contribution in [3.8, 4) is 0 Å². The Morgan fingerprint density at radius 1 is 1.06 bits per heavy atom. The number of alkyl halides is 5. The lowest BCUT2D eigenvalue weighted by Gasteiger charge is -2.19. The molecule has 0 aliphatic heterocycles. The van der Waals surface area contributed by atoms with Gasteiger partial charge in [-0.15, -0.1) is 0 Å². The smallest absolute Gasteiger partial charge is 0.259 e. The molecule has 3 nitrogen and oxygen atoms in total. The maximum Gasteiger partial charge on any atom is 0.458 e. The van der Waals surface area contributed by atoms with Crippen LogP contribution in [0.15, 0.2) is 30.5 Å². The molecule has 0 fully saturated rings. The average Bonchev–Trinajstić information content (AvgIpc) is 2.25. The van der Waals surface area contributed by atoms with Gasteiger partial charge in [-0.3, -0.25) is 10.1 Å². The Hall–Kier alpha value is -1.99. The van der Waals surface area contributed by atoms with E-state index in [1.54, 1.807) is 0 Å². The van der Waals surface area contributed by atoms with Crippen molar-refractivity contribution in [1.82, 2.24) is 0 Å². The monoisotopic (exact) mass is 267 g/mol. The predicted octanol–water partition coefficient (Wildman–Crippen LogP) is 3.59. The van der Waals surface area contributed by atoms with Crippen LogP contribution >= 0.6 is 0 Å². The van der Waals surface area contributed by atoms with E-state index in [4.69, 9.17) is 0 Å². The molecule has 18 heavy (non-hydrogen) atoms. The van der Waals surface area contributed by atoms with Crippen LogP contribution in [0.1, 0.15) is 11.1 Å². The second-order valence-electron chi connectivity index (χ2n) is 3.30. The molecule has 0 N–H and O–H groups in total. The third kappa shape index (κ3) is 3.02. The Kier molecular flexibility index (Phi) is 3.68. The fraction of sp³-hybridized carbons (Fsp3) is 0.200. The number of hydrogen-bond donors (Lipinski definition) is 0. The number of benzene rings is 1. The van der Waals surface area contributed by atoms with Crippen LogP contribution in [-0.2, 0) is 5.92 Å². The Morgan fingerprint density at radius 2 is 1.56 bits per heavy atom. The van der Waals surface area contributed by atoms with Crippen molar-refractivity contribution >= 4 is 6.08 Å². The summed E-state index contributed by atoms with van der Waals surface area (Å²) in [5.74, 6) is -4.95. The number of hydrogen-bond acceptors (Lipinski definition) is 2. The molecule has 0 heterocycles. The largest absolute Gasteiger partial charge is 0.458 e. The minimum Gasteiger partial charge on any atom is -0.259 e. The van der Waals surface area contributed by atoms with E-state index in [1.807, 2.05) is 0 Å². The molecule has 0 unspecified atom stereocenters. The molecule has 0 amide bonds. The molecule has 0 saturated carbocycles. The lowest BCUT2D eigenvalue weighted by Crippen LogP contribution is -2.33. The molecule has 0 saturated heterocycles. The molecular weight excluding hydrogens is 261 g/mol. The van der Waals surface area contributed by atoms with Crippen molar-refractivity contribution in [2.75, 3.05) is 0 Å². The molecule has 0 bridgehead atoms. The van der Waals surface area contributed by atoms with Crippen molar-refractivity contribution in [3.05, 3.63) is 51.7 Å². The summed E-state index contributed by atoms with van der Waals surface area (Å²) >= 11 is 0. The Balaban J connectivity index is 3.00. The van der Waals surface area contributed by atoms with Crippen LogP contribution in [0, 0.1) is 10.1 Å². The highest BCUT2D eigenvalue weighted by atomic mass is 19.4. The summed E-state index contributed by atoms with van der Waals surface area (Å²) in [6.45, 7) is 0. The van der Waals surface area contributed by atoms with Crippen LogP contribution in [0.4, 0.5) is 22.0 Å². The Bertz CT molecular complexity index is 464. The summed E-state index contributed by atoms with van der Waals surface area (Å²) in [7, 11) is 0. The topological polar surface area (TPSA) is 43.1 Å². The van der Waals surface area contributed by atoms with Gasteiger partial charge in [0.1, 0.15) is 0 Å². The molecule has 8 heteroatoms. The van der Waals surface area contributed by atoms with Crippen LogP contribution in [0.25, 0.3) is 6.08 Å². The molecule has 0 spiro atoms. The quantitative estimate of drug-likeness (QED) is 0.477. The molecule has 0 aliphatic carbocycles. The maximum atomic E-state index is 12.9. The highest BCUT2D eigenvalue weighted by molar-refractivity contribution is 5.48. The summed E-state index contributed by atoms with van der Waals surface area (Å²) < 4.78 is 61.8. The second-order valence-corrected chi connectivity index (χ2v) is 3.30. The van der Waals surface area contributed by atoms with Gasteiger partial charge in [-0.05, 0) is 5.56 Å². The molecular formula is C10H6F5NO2. The standard InChI is InChI=1S/C10H6F5NO2/c11-9(12,10(13,14)15)8-3-1-7(2-4-8)5-6-16(17)18/h1-6H/b6-5+. The summed E-state index contributed by atoms with van der Waals surface area (Å²) in [6, 6.07) is 3.03. The molecule has 1 aromatic rings. The normalized spacial score (nSPS) is 12.9. The van der Waals surface area contributed by atoms with Crippen molar-refractivity contribution < 1.29 is 26.9 Å². The first-order valence-electron chi connectivity index (χ1n) is 4.51. The van der Waals surface area contributed by atoms with Crippen LogP contribution in [0.5, 0.6) is 0 Å². The van der Waals surface area contributed by atoms with E-state index < -0.39 is 22.6 Å². The summed E-state index contributed by atoms with van der Waals surface area (Å²) in [5, 5.41) is 9.98. The molecule has 0 aliphatic rings. The van der Waals surface area contributed by atoms with E-state index in [2.05, 4.69) is 0 Å². The number of nitro groups is 1. The first kappa shape index (κ1) is 14.1. The third-order valence-electron chi connectivity index (χ3n) is 2.02. The van der Waals surface area contributed by atoms with E-state index in [1.165, 1.54) is 0 Å². The van der Waals surface area contributed by atoms with Gasteiger partial charge in [-0.25, -0.2) is 0 Å². The SMILES string of the molecule is O=[N+]([O-])/C=C/c1ccc(C(F)(F)C(F)(F)F)cc1. The molecule has 0 atom stereocenters. The number of rotatable bonds is 3. The molecule has 1 rings (SSSR count). The summed E-state index contributed by atoms with van der Waals surface area (Å²) in [5.41, 5.74) is -1.07. The van der Waals surface area contributed by atoms with Gasteiger partial charge in [0, 0.05) is 11.6 Å². The van der Waals surface area contributed by atoms with Crippen molar-refractivity contribution in [2.24, 2.45) is 0 Å². The molecule has 1 aromatic carbocycles. The maximum absolute atomic E-state index is 12.9. The van der Waals surface area contributed by atoms with Gasteiger partial charge in [0.25, 0.3) is 0 Å². The van der Waals surface area contributed by atoms with Crippen LogP contribution < -0.4 is 0 Å². The van der Waals surface area contributed by atoms with Gasteiger partial charge in [0.2, 0.25) is 6.20 Å². The average molecular weight is 267 g/mol. The Morgan fingerprint density at radius 3 is 1.94 bits per heavy atom. The van der Waals surface area contributed by atoms with Crippen LogP contribution in [0.2, 0.25) is 0 Å². The van der Waals surface area contributed by atoms with Gasteiger partial charge in [0.05, 0.1) is 4.92 Å². The zero-order valence-electron chi connectivity index (χ0n) is 8.62. The molecule has 98 valence electrons. The van der Waals surface area contributed by atoms with Crippen molar-refractivity contribution in [3.63, 3.8) is 0 Å². The molecule has 0 aromatic heterocycles. The van der Waals surface area contributed by atoms with Gasteiger partial charge >= 0.3 is 12.1 Å². The fourth-order valence-electron chi connectivity index (χ4n) is 1.11. The van der Waals surface area contributed by atoms with Crippen molar-refractivity contribution in [1.29, 1.82) is 0 Å². The summed E-state index contributed by atoms with van der Waals surface area (Å²) in [6.07, 6.45) is -4.14. The zero-order valence-corrected chi connectivity index (χ0v) is 8.62. The minimum atomic E-state index is -5.68.